The zero-order chi connectivity index (χ0) is 20.1. The molecule has 0 saturated carbocycles. The molecule has 0 aliphatic heterocycles. The molecule has 3 nitrogen and oxygen atoms in total. The minimum atomic E-state index is -0.442. The predicted octanol–water partition coefficient (Wildman–Crippen LogP) is 6.02. The Balaban J connectivity index is 2.01. The van der Waals surface area contributed by atoms with Gasteiger partial charge in [-0.25, -0.2) is 0 Å². The number of carbonyl (C=O) groups excluding carboxylic acids is 1. The summed E-state index contributed by atoms with van der Waals surface area (Å²) in [5.41, 5.74) is 1.74. The van der Waals surface area contributed by atoms with Crippen LogP contribution in [0.3, 0.4) is 0 Å². The van der Waals surface area contributed by atoms with Crippen molar-refractivity contribution in [3.63, 3.8) is 0 Å². The fourth-order valence-electron chi connectivity index (χ4n) is 3.30. The number of carbonyl (C=O) groups is 1. The number of amides is 1. The molecule has 1 amide bonds. The molecule has 1 aromatic rings. The second kappa shape index (κ2) is 8.43. The maximum absolute atomic E-state index is 12.5. The Morgan fingerprint density at radius 2 is 1.74 bits per heavy atom. The Hall–Kier alpha value is -1.87. The first-order valence-corrected chi connectivity index (χ1v) is 10.0. The van der Waals surface area contributed by atoms with E-state index in [1.807, 2.05) is 24.3 Å². The molecule has 1 unspecified atom stereocenters. The Bertz CT molecular complexity index is 698. The van der Waals surface area contributed by atoms with Crippen molar-refractivity contribution in [2.45, 2.75) is 71.8 Å². The number of ether oxygens (including phenoxy) is 1. The van der Waals surface area contributed by atoms with E-state index in [1.54, 1.807) is 0 Å². The highest BCUT2D eigenvalue weighted by atomic mass is 16.5. The third-order valence-electron chi connectivity index (χ3n) is 6.36. The highest BCUT2D eigenvalue weighted by molar-refractivity contribution is 5.91. The molecule has 0 heterocycles. The lowest BCUT2D eigenvalue weighted by atomic mass is 9.69. The van der Waals surface area contributed by atoms with E-state index in [0.717, 1.165) is 24.9 Å². The van der Waals surface area contributed by atoms with Gasteiger partial charge in [-0.15, -0.1) is 0 Å². The van der Waals surface area contributed by atoms with Gasteiger partial charge in [0.25, 0.3) is 0 Å². The third-order valence-corrected chi connectivity index (χ3v) is 6.36. The first-order valence-electron chi connectivity index (χ1n) is 10.0. The van der Waals surface area contributed by atoms with Gasteiger partial charge in [0, 0.05) is 5.69 Å². The van der Waals surface area contributed by atoms with Gasteiger partial charge in [0.1, 0.15) is 6.61 Å². The van der Waals surface area contributed by atoms with Crippen LogP contribution in [-0.2, 0) is 14.9 Å². The SMILES string of the molecule is CCC(C)(C)c1ccc(NC(=O)COC2(C(C)(C)CC)C=CC=CC2)cc1. The van der Waals surface area contributed by atoms with Crippen molar-refractivity contribution >= 4 is 11.6 Å². The Kier molecular flexibility index (Phi) is 6.69. The summed E-state index contributed by atoms with van der Waals surface area (Å²) in [5, 5.41) is 2.96. The molecule has 0 radical (unpaired) electrons. The van der Waals surface area contributed by atoms with Gasteiger partial charge in [0.15, 0.2) is 0 Å². The molecule has 0 aromatic heterocycles. The topological polar surface area (TPSA) is 38.3 Å². The first kappa shape index (κ1) is 21.4. The fraction of sp³-hybridized carbons (Fsp3) is 0.542. The molecule has 1 aliphatic carbocycles. The fourth-order valence-corrected chi connectivity index (χ4v) is 3.30. The van der Waals surface area contributed by atoms with Gasteiger partial charge in [0.2, 0.25) is 5.91 Å². The van der Waals surface area contributed by atoms with Crippen LogP contribution in [0.1, 0.15) is 66.4 Å². The quantitative estimate of drug-likeness (QED) is 0.608. The highest BCUT2D eigenvalue weighted by Crippen LogP contribution is 2.42. The predicted molar refractivity (Wildman–Crippen MR) is 114 cm³/mol. The average Bonchev–Trinajstić information content (AvgIpc) is 2.67. The van der Waals surface area contributed by atoms with Gasteiger partial charge in [-0.2, -0.15) is 0 Å². The second-order valence-corrected chi connectivity index (χ2v) is 8.77. The minimum Gasteiger partial charge on any atom is -0.360 e. The molecule has 1 N–H and O–H groups in total. The molecule has 1 atom stereocenters. The monoisotopic (exact) mass is 369 g/mol. The van der Waals surface area contributed by atoms with Crippen LogP contribution in [0, 0.1) is 5.41 Å². The molecular formula is C24H35NO2. The van der Waals surface area contributed by atoms with E-state index in [-0.39, 0.29) is 23.3 Å². The summed E-state index contributed by atoms with van der Waals surface area (Å²) < 4.78 is 6.21. The molecule has 148 valence electrons. The molecule has 1 aromatic carbocycles. The molecule has 1 aliphatic rings. The Morgan fingerprint density at radius 3 is 2.26 bits per heavy atom. The lowest BCUT2D eigenvalue weighted by Crippen LogP contribution is -2.47. The van der Waals surface area contributed by atoms with Crippen molar-refractivity contribution in [3.05, 3.63) is 54.1 Å². The van der Waals surface area contributed by atoms with Crippen molar-refractivity contribution in [2.75, 3.05) is 11.9 Å². The zero-order valence-electron chi connectivity index (χ0n) is 17.8. The van der Waals surface area contributed by atoms with Crippen molar-refractivity contribution in [1.82, 2.24) is 0 Å². The number of anilines is 1. The van der Waals surface area contributed by atoms with Gasteiger partial charge < -0.3 is 10.1 Å². The van der Waals surface area contributed by atoms with Crippen LogP contribution in [0.4, 0.5) is 5.69 Å². The van der Waals surface area contributed by atoms with E-state index >= 15 is 0 Å². The summed E-state index contributed by atoms with van der Waals surface area (Å²) in [6.07, 6.45) is 11.1. The van der Waals surface area contributed by atoms with Gasteiger partial charge in [-0.1, -0.05) is 78.0 Å². The summed E-state index contributed by atoms with van der Waals surface area (Å²) in [6.45, 7) is 13.3. The van der Waals surface area contributed by atoms with E-state index in [4.69, 9.17) is 4.74 Å². The standard InChI is InChI=1S/C24H35NO2/c1-7-22(3,4)19-12-14-20(15-13-19)25-21(26)18-27-24(23(5,6)8-2)16-10-9-11-17-24/h9-16H,7-8,17-18H2,1-6H3,(H,25,26). The van der Waals surface area contributed by atoms with E-state index in [1.165, 1.54) is 5.56 Å². The van der Waals surface area contributed by atoms with Gasteiger partial charge in [-0.05, 0) is 47.8 Å². The van der Waals surface area contributed by atoms with Gasteiger partial charge in [0.05, 0.1) is 5.60 Å². The van der Waals surface area contributed by atoms with Crippen molar-refractivity contribution in [1.29, 1.82) is 0 Å². The number of allylic oxidation sites excluding steroid dienone is 2. The molecular weight excluding hydrogens is 334 g/mol. The first-order chi connectivity index (χ1) is 12.7. The summed E-state index contributed by atoms with van der Waals surface area (Å²) >= 11 is 0. The number of hydrogen-bond acceptors (Lipinski definition) is 2. The minimum absolute atomic E-state index is 0.0455. The highest BCUT2D eigenvalue weighted by Gasteiger charge is 2.43. The lowest BCUT2D eigenvalue weighted by Gasteiger charge is -2.44. The maximum Gasteiger partial charge on any atom is 0.250 e. The largest absolute Gasteiger partial charge is 0.360 e. The number of hydrogen-bond donors (Lipinski definition) is 1. The molecule has 0 saturated heterocycles. The lowest BCUT2D eigenvalue weighted by molar-refractivity contribution is -0.134. The number of benzene rings is 1. The van der Waals surface area contributed by atoms with Crippen LogP contribution >= 0.6 is 0 Å². The number of nitrogens with one attached hydrogen (secondary N) is 1. The van der Waals surface area contributed by atoms with E-state index in [9.17, 15) is 4.79 Å². The summed E-state index contributed by atoms with van der Waals surface area (Å²) in [6, 6.07) is 8.13. The molecule has 0 bridgehead atoms. The van der Waals surface area contributed by atoms with Crippen molar-refractivity contribution < 1.29 is 9.53 Å². The van der Waals surface area contributed by atoms with Crippen LogP contribution in [0.15, 0.2) is 48.6 Å². The molecule has 27 heavy (non-hydrogen) atoms. The van der Waals surface area contributed by atoms with Gasteiger partial charge in [-0.3, -0.25) is 4.79 Å². The summed E-state index contributed by atoms with van der Waals surface area (Å²) in [7, 11) is 0. The summed E-state index contributed by atoms with van der Waals surface area (Å²) in [5.74, 6) is -0.119. The summed E-state index contributed by atoms with van der Waals surface area (Å²) in [4.78, 5) is 12.5. The second-order valence-electron chi connectivity index (χ2n) is 8.77. The number of rotatable bonds is 8. The Labute approximate surface area is 164 Å². The third kappa shape index (κ3) is 4.90. The molecule has 0 fully saturated rings. The maximum atomic E-state index is 12.5. The molecule has 3 heteroatoms. The van der Waals surface area contributed by atoms with E-state index < -0.39 is 5.60 Å². The molecule has 0 spiro atoms. The van der Waals surface area contributed by atoms with Crippen molar-refractivity contribution in [3.8, 4) is 0 Å². The van der Waals surface area contributed by atoms with Crippen LogP contribution in [0.2, 0.25) is 0 Å². The van der Waals surface area contributed by atoms with E-state index in [2.05, 4.69) is 71.1 Å². The van der Waals surface area contributed by atoms with Crippen LogP contribution in [0.25, 0.3) is 0 Å². The normalized spacial score (nSPS) is 19.9. The Morgan fingerprint density at radius 1 is 1.07 bits per heavy atom. The van der Waals surface area contributed by atoms with E-state index in [0.29, 0.717) is 0 Å². The van der Waals surface area contributed by atoms with Gasteiger partial charge >= 0.3 is 0 Å². The van der Waals surface area contributed by atoms with Crippen LogP contribution < -0.4 is 5.32 Å². The molecule has 2 rings (SSSR count). The van der Waals surface area contributed by atoms with Crippen molar-refractivity contribution in [2.24, 2.45) is 5.41 Å². The van der Waals surface area contributed by atoms with Crippen LogP contribution in [-0.4, -0.2) is 18.1 Å². The smallest absolute Gasteiger partial charge is 0.250 e. The van der Waals surface area contributed by atoms with Crippen LogP contribution in [0.5, 0.6) is 0 Å². The average molecular weight is 370 g/mol. The zero-order valence-corrected chi connectivity index (χ0v) is 17.8.